The number of anilines is 1. The van der Waals surface area contributed by atoms with Crippen LogP contribution in [0.15, 0.2) is 54.6 Å². The minimum absolute atomic E-state index is 0.235. The van der Waals surface area contributed by atoms with Gasteiger partial charge in [0.15, 0.2) is 5.13 Å². The average Bonchev–Trinajstić information content (AvgIpc) is 2.94. The number of carbonyl (C=O) groups is 1. The van der Waals surface area contributed by atoms with Crippen LogP contribution in [0.1, 0.15) is 10.4 Å². The van der Waals surface area contributed by atoms with E-state index in [1.807, 2.05) is 43.3 Å². The van der Waals surface area contributed by atoms with Crippen molar-refractivity contribution in [2.24, 2.45) is 0 Å². The van der Waals surface area contributed by atoms with Gasteiger partial charge in [-0.15, -0.1) is 11.3 Å². The van der Waals surface area contributed by atoms with Crippen molar-refractivity contribution in [2.75, 3.05) is 5.32 Å². The van der Waals surface area contributed by atoms with Crippen LogP contribution in [0.25, 0.3) is 17.3 Å². The third-order valence-electron chi connectivity index (χ3n) is 3.42. The lowest BCUT2D eigenvalue weighted by Crippen LogP contribution is -2.07. The average molecular weight is 389 g/mol. The van der Waals surface area contributed by atoms with Crippen LogP contribution in [0, 0.1) is 6.92 Å². The van der Waals surface area contributed by atoms with Crippen molar-refractivity contribution >= 4 is 51.7 Å². The van der Waals surface area contributed by atoms with Crippen LogP contribution in [0.5, 0.6) is 0 Å². The number of nitrogens with one attached hydrogen (secondary N) is 1. The molecule has 0 unspecified atom stereocenters. The molecule has 0 fully saturated rings. The molecular weight excluding hydrogens is 375 g/mol. The van der Waals surface area contributed by atoms with Crippen LogP contribution in [-0.4, -0.2) is 10.9 Å². The molecule has 0 aliphatic carbocycles. The normalized spacial score (nSPS) is 11.0. The van der Waals surface area contributed by atoms with E-state index >= 15 is 0 Å². The fraction of sp³-hybridized carbons (Fsp3) is 0.0526. The van der Waals surface area contributed by atoms with E-state index in [2.05, 4.69) is 10.3 Å². The number of thiazole rings is 1. The van der Waals surface area contributed by atoms with Crippen LogP contribution in [0.3, 0.4) is 0 Å². The predicted molar refractivity (Wildman–Crippen MR) is 106 cm³/mol. The smallest absolute Gasteiger partial charge is 0.250 e. The molecule has 0 saturated carbocycles. The van der Waals surface area contributed by atoms with Crippen LogP contribution in [0.2, 0.25) is 10.0 Å². The number of aromatic nitrogens is 1. The van der Waals surface area contributed by atoms with Gasteiger partial charge in [0.25, 0.3) is 0 Å². The van der Waals surface area contributed by atoms with Crippen molar-refractivity contribution in [3.63, 3.8) is 0 Å². The summed E-state index contributed by atoms with van der Waals surface area (Å²) in [5.41, 5.74) is 2.65. The topological polar surface area (TPSA) is 42.0 Å². The molecule has 1 heterocycles. The first kappa shape index (κ1) is 17.7. The summed E-state index contributed by atoms with van der Waals surface area (Å²) in [6.07, 6.45) is 3.20. The van der Waals surface area contributed by atoms with Crippen molar-refractivity contribution in [1.29, 1.82) is 0 Å². The van der Waals surface area contributed by atoms with E-state index in [0.717, 1.165) is 21.7 Å². The lowest BCUT2D eigenvalue weighted by Gasteiger charge is -1.99. The second-order valence-corrected chi connectivity index (χ2v) is 7.38. The molecule has 3 aromatic rings. The minimum atomic E-state index is -0.235. The number of aryl methyl sites for hydroxylation is 1. The first-order valence-corrected chi connectivity index (χ1v) is 9.06. The van der Waals surface area contributed by atoms with Crippen LogP contribution >= 0.6 is 34.5 Å². The van der Waals surface area contributed by atoms with Gasteiger partial charge in [0.2, 0.25) is 5.91 Å². The summed E-state index contributed by atoms with van der Waals surface area (Å²) in [5, 5.41) is 4.66. The maximum absolute atomic E-state index is 12.1. The van der Waals surface area contributed by atoms with E-state index in [9.17, 15) is 4.79 Å². The number of rotatable bonds is 4. The van der Waals surface area contributed by atoms with E-state index in [0.29, 0.717) is 15.2 Å². The molecule has 0 radical (unpaired) electrons. The fourth-order valence-corrected chi connectivity index (χ4v) is 3.40. The van der Waals surface area contributed by atoms with Gasteiger partial charge in [-0.05, 0) is 42.8 Å². The van der Waals surface area contributed by atoms with Crippen molar-refractivity contribution in [3.05, 3.63) is 75.1 Å². The molecule has 3 nitrogen and oxygen atoms in total. The van der Waals surface area contributed by atoms with Crippen molar-refractivity contribution in [3.8, 4) is 11.3 Å². The first-order chi connectivity index (χ1) is 12.0. The fourth-order valence-electron chi connectivity index (χ4n) is 2.25. The monoisotopic (exact) mass is 388 g/mol. The van der Waals surface area contributed by atoms with Crippen molar-refractivity contribution < 1.29 is 4.79 Å². The van der Waals surface area contributed by atoms with Gasteiger partial charge in [0.05, 0.1) is 5.69 Å². The number of hydrogen-bond acceptors (Lipinski definition) is 3. The van der Waals surface area contributed by atoms with E-state index in [4.69, 9.17) is 23.2 Å². The number of nitrogens with zero attached hydrogens (tertiary/aromatic N) is 1. The Kier molecular flexibility index (Phi) is 5.53. The lowest BCUT2D eigenvalue weighted by molar-refractivity contribution is -0.111. The highest BCUT2D eigenvalue weighted by Gasteiger charge is 2.11. The van der Waals surface area contributed by atoms with Gasteiger partial charge < -0.3 is 0 Å². The summed E-state index contributed by atoms with van der Waals surface area (Å²) in [5.74, 6) is -0.235. The molecule has 0 saturated heterocycles. The number of carbonyl (C=O) groups excluding carboxylic acids is 1. The molecule has 6 heteroatoms. The third-order valence-corrected chi connectivity index (χ3v) is 4.80. The Morgan fingerprint density at radius 2 is 1.88 bits per heavy atom. The zero-order valence-electron chi connectivity index (χ0n) is 13.3. The molecule has 2 aromatic carbocycles. The number of amides is 1. The second kappa shape index (κ2) is 7.83. The quantitative estimate of drug-likeness (QED) is 0.550. The predicted octanol–water partition coefficient (Wildman–Crippen LogP) is 6.08. The summed E-state index contributed by atoms with van der Waals surface area (Å²) in [4.78, 5) is 17.6. The van der Waals surface area contributed by atoms with E-state index < -0.39 is 0 Å². The molecule has 0 aliphatic rings. The zero-order chi connectivity index (χ0) is 17.8. The summed E-state index contributed by atoms with van der Waals surface area (Å²) in [6, 6.07) is 14.7. The SMILES string of the molecule is Cc1sc(NC(=O)C=Cc2ccc(Cl)cc2)nc1-c1cccc(Cl)c1. The maximum atomic E-state index is 12.1. The van der Waals surface area contributed by atoms with Gasteiger partial charge in [0.1, 0.15) is 0 Å². The highest BCUT2D eigenvalue weighted by atomic mass is 35.5. The van der Waals surface area contributed by atoms with E-state index in [1.165, 1.54) is 17.4 Å². The van der Waals surface area contributed by atoms with Gasteiger partial charge in [0, 0.05) is 26.6 Å². The van der Waals surface area contributed by atoms with Gasteiger partial charge in [-0.3, -0.25) is 10.1 Å². The zero-order valence-corrected chi connectivity index (χ0v) is 15.6. The Hall–Kier alpha value is -2.14. The molecule has 1 N–H and O–H groups in total. The molecule has 25 heavy (non-hydrogen) atoms. The molecule has 3 rings (SSSR count). The maximum Gasteiger partial charge on any atom is 0.250 e. The second-order valence-electron chi connectivity index (χ2n) is 5.31. The molecule has 1 amide bonds. The van der Waals surface area contributed by atoms with E-state index in [-0.39, 0.29) is 5.91 Å². The number of halogens is 2. The van der Waals surface area contributed by atoms with Gasteiger partial charge in [-0.1, -0.05) is 47.5 Å². The molecule has 0 atom stereocenters. The molecule has 0 aliphatic heterocycles. The Balaban J connectivity index is 1.72. The summed E-state index contributed by atoms with van der Waals surface area (Å²) >= 11 is 13.3. The summed E-state index contributed by atoms with van der Waals surface area (Å²) in [7, 11) is 0. The van der Waals surface area contributed by atoms with Gasteiger partial charge in [-0.2, -0.15) is 0 Å². The van der Waals surface area contributed by atoms with Gasteiger partial charge in [-0.25, -0.2) is 4.98 Å². The molecule has 0 bridgehead atoms. The molecule has 0 spiro atoms. The summed E-state index contributed by atoms with van der Waals surface area (Å²) in [6.45, 7) is 1.97. The van der Waals surface area contributed by atoms with Gasteiger partial charge >= 0.3 is 0 Å². The Bertz CT molecular complexity index is 933. The van der Waals surface area contributed by atoms with Crippen molar-refractivity contribution in [2.45, 2.75) is 6.92 Å². The highest BCUT2D eigenvalue weighted by molar-refractivity contribution is 7.16. The van der Waals surface area contributed by atoms with Crippen LogP contribution in [-0.2, 0) is 4.79 Å². The third kappa shape index (κ3) is 4.69. The molecule has 126 valence electrons. The van der Waals surface area contributed by atoms with Crippen LogP contribution < -0.4 is 5.32 Å². The van der Waals surface area contributed by atoms with E-state index in [1.54, 1.807) is 18.2 Å². The number of benzene rings is 2. The largest absolute Gasteiger partial charge is 0.298 e. The highest BCUT2D eigenvalue weighted by Crippen LogP contribution is 2.31. The van der Waals surface area contributed by atoms with Crippen LogP contribution in [0.4, 0.5) is 5.13 Å². The Morgan fingerprint density at radius 1 is 1.12 bits per heavy atom. The molecule has 1 aromatic heterocycles. The number of hydrogen-bond donors (Lipinski definition) is 1. The standard InChI is InChI=1S/C19H14Cl2N2OS/c1-12-18(14-3-2-4-16(21)11-14)23-19(25-12)22-17(24)10-7-13-5-8-15(20)9-6-13/h2-11H,1H3,(H,22,23,24). The minimum Gasteiger partial charge on any atom is -0.298 e. The summed E-state index contributed by atoms with van der Waals surface area (Å²) < 4.78 is 0. The Morgan fingerprint density at radius 3 is 2.60 bits per heavy atom. The first-order valence-electron chi connectivity index (χ1n) is 7.49. The Labute approximate surface area is 159 Å². The lowest BCUT2D eigenvalue weighted by atomic mass is 10.1. The molecular formula is C19H14Cl2N2OS. The van der Waals surface area contributed by atoms with Crippen molar-refractivity contribution in [1.82, 2.24) is 4.98 Å².